The van der Waals surface area contributed by atoms with Gasteiger partial charge in [0.25, 0.3) is 5.91 Å². The van der Waals surface area contributed by atoms with Crippen LogP contribution in [0.15, 0.2) is 24.3 Å². The molecular weight excluding hydrogens is 359 g/mol. The van der Waals surface area contributed by atoms with Crippen molar-refractivity contribution in [1.82, 2.24) is 5.09 Å². The Morgan fingerprint density at radius 2 is 1.79 bits per heavy atom. The molecule has 0 aliphatic carbocycles. The van der Waals surface area contributed by atoms with Crippen molar-refractivity contribution >= 4 is 57.0 Å². The predicted octanol–water partition coefficient (Wildman–Crippen LogP) is 3.61. The summed E-state index contributed by atoms with van der Waals surface area (Å²) in [5, 5.41) is 2.00. The van der Waals surface area contributed by atoms with Crippen LogP contribution in [0.25, 0.3) is 0 Å². The van der Waals surface area contributed by atoms with Gasteiger partial charge in [0, 0.05) is 9.13 Å². The van der Waals surface area contributed by atoms with Gasteiger partial charge in [0.1, 0.15) is 0 Å². The molecule has 14 heavy (non-hydrogen) atoms. The first-order valence-corrected chi connectivity index (χ1v) is 8.05. The lowest BCUT2D eigenvalue weighted by atomic mass is 10.2. The third-order valence-electron chi connectivity index (χ3n) is 1.34. The molecule has 0 saturated carbocycles. The van der Waals surface area contributed by atoms with E-state index in [1.165, 1.54) is 0 Å². The number of nitrogens with one attached hydrogen (secondary N) is 1. The monoisotopic (exact) mass is 363 g/mol. The summed E-state index contributed by atoms with van der Waals surface area (Å²) in [6, 6.07) is 6.70. The van der Waals surface area contributed by atoms with E-state index in [4.69, 9.17) is 22.5 Å². The molecule has 3 nitrogen and oxygen atoms in total. The summed E-state index contributed by atoms with van der Waals surface area (Å²) in [6.45, 7) is 0. The molecule has 0 atom stereocenters. The molecule has 0 aliphatic rings. The van der Waals surface area contributed by atoms with Crippen molar-refractivity contribution in [3.05, 3.63) is 33.4 Å². The highest BCUT2D eigenvalue weighted by molar-refractivity contribution is 14.1. The summed E-state index contributed by atoms with van der Waals surface area (Å²) < 4.78 is 11.9. The summed E-state index contributed by atoms with van der Waals surface area (Å²) in [5.74, 6) is -4.10. The topological polar surface area (TPSA) is 46.2 Å². The van der Waals surface area contributed by atoms with Crippen molar-refractivity contribution < 1.29 is 9.36 Å². The summed E-state index contributed by atoms with van der Waals surface area (Å²) in [7, 11) is 0. The minimum Gasteiger partial charge on any atom is -0.279 e. The number of amides is 1. The average molecular weight is 364 g/mol. The van der Waals surface area contributed by atoms with Crippen LogP contribution < -0.4 is 5.09 Å². The van der Waals surface area contributed by atoms with Gasteiger partial charge in [-0.1, -0.05) is 0 Å². The number of hydrogen-bond donors (Lipinski definition) is 1. The second-order valence-corrected chi connectivity index (χ2v) is 8.18. The van der Waals surface area contributed by atoms with Gasteiger partial charge in [0.15, 0.2) is 0 Å². The fourth-order valence-corrected chi connectivity index (χ4v) is 1.97. The normalized spacial score (nSPS) is 11.1. The van der Waals surface area contributed by atoms with Crippen molar-refractivity contribution in [3.8, 4) is 0 Å². The molecule has 0 saturated heterocycles. The SMILES string of the molecule is O=C(NP(=O)(Cl)Cl)c1ccc(I)cc1. The summed E-state index contributed by atoms with van der Waals surface area (Å²) in [6.07, 6.45) is 0. The fourth-order valence-electron chi connectivity index (χ4n) is 0.784. The minimum atomic E-state index is -3.56. The number of halogens is 3. The predicted molar refractivity (Wildman–Crippen MR) is 65.9 cm³/mol. The Morgan fingerprint density at radius 3 is 2.21 bits per heavy atom. The van der Waals surface area contributed by atoms with E-state index in [9.17, 15) is 9.36 Å². The average Bonchev–Trinajstić information content (AvgIpc) is 2.02. The smallest absolute Gasteiger partial charge is 0.279 e. The van der Waals surface area contributed by atoms with E-state index >= 15 is 0 Å². The zero-order valence-electron chi connectivity index (χ0n) is 6.71. The van der Waals surface area contributed by atoms with Crippen LogP contribution in [0.4, 0.5) is 0 Å². The van der Waals surface area contributed by atoms with Gasteiger partial charge in [0.05, 0.1) is 0 Å². The summed E-state index contributed by atoms with van der Waals surface area (Å²) in [5.41, 5.74) is 0.368. The number of hydrogen-bond acceptors (Lipinski definition) is 2. The van der Waals surface area contributed by atoms with Crippen LogP contribution in [0.3, 0.4) is 0 Å². The Hall–Kier alpha value is 0.230. The lowest BCUT2D eigenvalue weighted by molar-refractivity contribution is 0.0982. The maximum Gasteiger partial charge on any atom is 0.345 e. The van der Waals surface area contributed by atoms with Crippen LogP contribution in [0, 0.1) is 3.57 Å². The molecule has 1 N–H and O–H groups in total. The lowest BCUT2D eigenvalue weighted by Crippen LogP contribution is -2.16. The molecule has 7 heteroatoms. The van der Waals surface area contributed by atoms with E-state index in [0.29, 0.717) is 5.56 Å². The van der Waals surface area contributed by atoms with Crippen molar-refractivity contribution in [3.63, 3.8) is 0 Å². The Bertz CT molecular complexity index is 389. The molecule has 0 spiro atoms. The second-order valence-electron chi connectivity index (χ2n) is 2.41. The quantitative estimate of drug-likeness (QED) is 0.644. The number of carbonyl (C=O) groups excluding carboxylic acids is 1. The van der Waals surface area contributed by atoms with Gasteiger partial charge < -0.3 is 0 Å². The maximum absolute atomic E-state index is 11.3. The Labute approximate surface area is 104 Å². The van der Waals surface area contributed by atoms with E-state index in [2.05, 4.69) is 22.6 Å². The standard InChI is InChI=1S/C7H5Cl2INO2P/c8-14(9,13)11-7(12)5-1-3-6(10)4-2-5/h1-4H,(H,11,12,13). The number of benzene rings is 1. The van der Waals surface area contributed by atoms with Crippen LogP contribution in [-0.4, -0.2) is 5.91 Å². The molecule has 0 aliphatic heterocycles. The second kappa shape index (κ2) is 4.84. The van der Waals surface area contributed by atoms with Gasteiger partial charge in [-0.3, -0.25) is 14.4 Å². The molecular formula is C7H5Cl2INO2P. The van der Waals surface area contributed by atoms with Gasteiger partial charge in [-0.2, -0.15) is 0 Å². The van der Waals surface area contributed by atoms with Crippen LogP contribution in [0.5, 0.6) is 0 Å². The van der Waals surface area contributed by atoms with E-state index in [-0.39, 0.29) is 0 Å². The van der Waals surface area contributed by atoms with Crippen molar-refractivity contribution in [1.29, 1.82) is 0 Å². The molecule has 1 rings (SSSR count). The Balaban J connectivity index is 2.81. The van der Waals surface area contributed by atoms with Gasteiger partial charge in [-0.05, 0) is 69.3 Å². The minimum absolute atomic E-state index is 0.368. The van der Waals surface area contributed by atoms with Gasteiger partial charge in [-0.15, -0.1) is 0 Å². The first-order valence-electron chi connectivity index (χ1n) is 3.46. The Morgan fingerprint density at radius 1 is 1.29 bits per heavy atom. The van der Waals surface area contributed by atoms with Gasteiger partial charge in [-0.25, -0.2) is 0 Å². The van der Waals surface area contributed by atoms with Crippen molar-refractivity contribution in [2.45, 2.75) is 0 Å². The highest BCUT2D eigenvalue weighted by Crippen LogP contribution is 2.52. The Kier molecular flexibility index (Phi) is 4.25. The molecule has 0 heterocycles. The van der Waals surface area contributed by atoms with Crippen LogP contribution >= 0.6 is 51.1 Å². The molecule has 0 bridgehead atoms. The largest absolute Gasteiger partial charge is 0.345 e. The van der Waals surface area contributed by atoms with Crippen molar-refractivity contribution in [2.24, 2.45) is 0 Å². The third kappa shape index (κ3) is 4.17. The highest BCUT2D eigenvalue weighted by Gasteiger charge is 2.18. The van der Waals surface area contributed by atoms with E-state index in [1.54, 1.807) is 24.3 Å². The van der Waals surface area contributed by atoms with Crippen LogP contribution in [0.2, 0.25) is 0 Å². The van der Waals surface area contributed by atoms with Crippen LogP contribution in [0.1, 0.15) is 10.4 Å². The molecule has 0 aromatic heterocycles. The molecule has 1 aromatic carbocycles. The van der Waals surface area contributed by atoms with E-state index in [0.717, 1.165) is 3.57 Å². The number of rotatable bonds is 2. The number of carbonyl (C=O) groups is 1. The third-order valence-corrected chi connectivity index (χ3v) is 3.03. The maximum atomic E-state index is 11.3. The van der Waals surface area contributed by atoms with E-state index in [1.807, 2.05) is 5.09 Å². The highest BCUT2D eigenvalue weighted by atomic mass is 127. The zero-order valence-corrected chi connectivity index (χ0v) is 11.3. The molecule has 1 amide bonds. The van der Waals surface area contributed by atoms with E-state index < -0.39 is 11.9 Å². The molecule has 0 radical (unpaired) electrons. The summed E-state index contributed by atoms with van der Waals surface area (Å²) in [4.78, 5) is 11.3. The fraction of sp³-hybridized carbons (Fsp3) is 0. The molecule has 1 aromatic rings. The molecule has 76 valence electrons. The van der Waals surface area contributed by atoms with Gasteiger partial charge >= 0.3 is 6.00 Å². The molecule has 0 fully saturated rings. The van der Waals surface area contributed by atoms with Gasteiger partial charge in [0.2, 0.25) is 0 Å². The summed E-state index contributed by atoms with van der Waals surface area (Å²) >= 11 is 12.5. The molecule has 0 unspecified atom stereocenters. The lowest BCUT2D eigenvalue weighted by Gasteiger charge is -2.04. The zero-order chi connectivity index (χ0) is 10.8. The van der Waals surface area contributed by atoms with Crippen LogP contribution in [-0.2, 0) is 4.57 Å². The first-order chi connectivity index (χ1) is 6.38. The first kappa shape index (κ1) is 12.3. The van der Waals surface area contributed by atoms with Crippen molar-refractivity contribution in [2.75, 3.05) is 0 Å².